The van der Waals surface area contributed by atoms with Crippen molar-refractivity contribution in [2.45, 2.75) is 32.4 Å². The third-order valence-electron chi connectivity index (χ3n) is 4.67. The molecule has 0 amide bonds. The molecule has 0 bridgehead atoms. The van der Waals surface area contributed by atoms with E-state index in [1.807, 2.05) is 0 Å². The Morgan fingerprint density at radius 3 is 2.41 bits per heavy atom. The van der Waals surface area contributed by atoms with E-state index in [2.05, 4.69) is 30.9 Å². The number of ether oxygens (including phenoxy) is 1. The van der Waals surface area contributed by atoms with Crippen LogP contribution in [0.4, 0.5) is 13.2 Å². The van der Waals surface area contributed by atoms with E-state index in [4.69, 9.17) is 16.3 Å². The molecular weight excluding hydrogens is 535 g/mol. The predicted molar refractivity (Wildman–Crippen MR) is 129 cm³/mol. The Labute approximate surface area is 207 Å². The molecule has 0 fully saturated rings. The molecule has 34 heavy (non-hydrogen) atoms. The van der Waals surface area contributed by atoms with Crippen LogP contribution < -0.4 is 10.3 Å². The van der Waals surface area contributed by atoms with Crippen molar-refractivity contribution in [2.75, 3.05) is 0 Å². The minimum atomic E-state index is -3.27. The van der Waals surface area contributed by atoms with Crippen molar-refractivity contribution >= 4 is 27.5 Å². The highest BCUT2D eigenvalue weighted by atomic mass is 79.9. The van der Waals surface area contributed by atoms with Crippen LogP contribution in [0.1, 0.15) is 32.0 Å². The lowest BCUT2D eigenvalue weighted by Gasteiger charge is -2.21. The number of rotatable bonds is 7. The molecule has 0 saturated heterocycles. The van der Waals surface area contributed by atoms with Gasteiger partial charge in [0.25, 0.3) is 11.5 Å². The first kappa shape index (κ1) is 25.7. The summed E-state index contributed by atoms with van der Waals surface area (Å²) in [5.74, 6) is -3.90. The summed E-state index contributed by atoms with van der Waals surface area (Å²) in [6.45, 7) is 3.90. The number of alkyl halides is 3. The number of halogens is 5. The van der Waals surface area contributed by atoms with E-state index in [1.54, 1.807) is 26.0 Å². The Morgan fingerprint density at radius 1 is 1.15 bits per heavy atom. The van der Waals surface area contributed by atoms with Crippen molar-refractivity contribution in [2.24, 2.45) is 0 Å². The first-order chi connectivity index (χ1) is 16.0. The van der Waals surface area contributed by atoms with Crippen LogP contribution in [0.15, 0.2) is 70.1 Å². The largest absolute Gasteiger partial charge is 0.449 e. The van der Waals surface area contributed by atoms with Gasteiger partial charge in [0.05, 0.1) is 0 Å². The lowest BCUT2D eigenvalue weighted by molar-refractivity contribution is 0.0174. The molecule has 1 N–H and O–H groups in total. The molecule has 3 aromatic rings. The van der Waals surface area contributed by atoms with E-state index in [0.717, 1.165) is 6.07 Å². The molecule has 5 nitrogen and oxygen atoms in total. The highest BCUT2D eigenvalue weighted by molar-refractivity contribution is 9.10. The number of nitrogens with zero attached hydrogens (tertiary/aromatic N) is 2. The molecule has 3 rings (SSSR count). The molecule has 0 radical (unpaired) electrons. The molecule has 0 unspecified atom stereocenters. The second-order valence-electron chi connectivity index (χ2n) is 7.33. The third kappa shape index (κ3) is 5.42. The number of allylic oxidation sites excluding steroid dienone is 4. The lowest BCUT2D eigenvalue weighted by atomic mass is 9.99. The van der Waals surface area contributed by atoms with Crippen molar-refractivity contribution in [3.63, 3.8) is 0 Å². The fourth-order valence-corrected chi connectivity index (χ4v) is 3.94. The first-order valence-corrected chi connectivity index (χ1v) is 11.2. The van der Waals surface area contributed by atoms with E-state index >= 15 is 4.39 Å². The van der Waals surface area contributed by atoms with Gasteiger partial charge >= 0.3 is 0 Å². The molecule has 2 heterocycles. The minimum absolute atomic E-state index is 0.00672. The molecule has 10 heteroatoms. The van der Waals surface area contributed by atoms with Crippen LogP contribution in [-0.2, 0) is 11.6 Å². The Balaban J connectivity index is 2.27. The molecule has 1 aromatic carbocycles. The lowest BCUT2D eigenvalue weighted by Crippen LogP contribution is -2.24. The summed E-state index contributed by atoms with van der Waals surface area (Å²) in [4.78, 5) is 24.2. The maximum atomic E-state index is 16.2. The SMILES string of the molecule is CC=CC(F)(C=CC)c1nc(-c2ncccc2Br)[nH]c(=O)c1Oc1ccc(Cl)c(C(C)(F)F)c1. The number of aromatic nitrogens is 3. The molecule has 0 saturated carbocycles. The topological polar surface area (TPSA) is 67.9 Å². The predicted octanol–water partition coefficient (Wildman–Crippen LogP) is 7.47. The van der Waals surface area contributed by atoms with Crippen LogP contribution in [0.3, 0.4) is 0 Å². The quantitative estimate of drug-likeness (QED) is 0.308. The van der Waals surface area contributed by atoms with Gasteiger partial charge in [0, 0.05) is 28.2 Å². The number of hydrogen-bond acceptors (Lipinski definition) is 4. The highest BCUT2D eigenvalue weighted by Gasteiger charge is 2.35. The number of aromatic amines is 1. The van der Waals surface area contributed by atoms with Gasteiger partial charge in [-0.2, -0.15) is 0 Å². The summed E-state index contributed by atoms with van der Waals surface area (Å²) in [6.07, 6.45) is 6.81. The van der Waals surface area contributed by atoms with Gasteiger partial charge in [0.2, 0.25) is 5.75 Å². The van der Waals surface area contributed by atoms with Crippen molar-refractivity contribution in [1.82, 2.24) is 15.0 Å². The van der Waals surface area contributed by atoms with Crippen LogP contribution in [0, 0.1) is 0 Å². The number of hydrogen-bond donors (Lipinski definition) is 1. The fraction of sp³-hybridized carbons (Fsp3) is 0.208. The number of nitrogens with one attached hydrogen (secondary N) is 1. The van der Waals surface area contributed by atoms with Crippen LogP contribution in [-0.4, -0.2) is 15.0 Å². The average molecular weight is 555 g/mol. The van der Waals surface area contributed by atoms with Gasteiger partial charge in [-0.15, -0.1) is 0 Å². The van der Waals surface area contributed by atoms with Crippen molar-refractivity contribution < 1.29 is 17.9 Å². The third-order valence-corrected chi connectivity index (χ3v) is 5.64. The maximum absolute atomic E-state index is 16.2. The second-order valence-corrected chi connectivity index (χ2v) is 8.59. The standard InChI is InChI=1S/C24H20BrClF3N3O2/c1-4-10-24(29,11-5-2)20-19(34-14-8-9-17(26)15(13-14)23(3,27)28)22(33)32-21(31-20)18-16(25)7-6-12-30-18/h4-13H,1-3H3,(H,31,32,33). The van der Waals surface area contributed by atoms with Crippen LogP contribution >= 0.6 is 27.5 Å². The summed E-state index contributed by atoms with van der Waals surface area (Å²) in [5, 5.41) is -0.176. The minimum Gasteiger partial charge on any atom is -0.449 e. The number of benzene rings is 1. The van der Waals surface area contributed by atoms with E-state index < -0.39 is 28.5 Å². The van der Waals surface area contributed by atoms with Crippen LogP contribution in [0.25, 0.3) is 11.5 Å². The molecule has 0 atom stereocenters. The maximum Gasteiger partial charge on any atom is 0.294 e. The van der Waals surface area contributed by atoms with Crippen LogP contribution in [0.5, 0.6) is 11.5 Å². The van der Waals surface area contributed by atoms with E-state index in [9.17, 15) is 13.6 Å². The molecule has 0 aliphatic rings. The Hall–Kier alpha value is -2.91. The molecule has 0 aliphatic heterocycles. The van der Waals surface area contributed by atoms with Gasteiger partial charge in [-0.05, 0) is 72.3 Å². The second kappa shape index (κ2) is 10.1. The Kier molecular flexibility index (Phi) is 7.67. The highest BCUT2D eigenvalue weighted by Crippen LogP contribution is 2.39. The zero-order valence-corrected chi connectivity index (χ0v) is 20.7. The summed E-state index contributed by atoms with van der Waals surface area (Å²) >= 11 is 9.24. The number of H-pyrrole nitrogens is 1. The fourth-order valence-electron chi connectivity index (χ4n) is 3.21. The van der Waals surface area contributed by atoms with Gasteiger partial charge in [-0.1, -0.05) is 23.8 Å². The van der Waals surface area contributed by atoms with Crippen LogP contribution in [0.2, 0.25) is 5.02 Å². The zero-order chi connectivity index (χ0) is 25.1. The molecule has 2 aromatic heterocycles. The Morgan fingerprint density at radius 2 is 1.82 bits per heavy atom. The summed E-state index contributed by atoms with van der Waals surface area (Å²) < 4.78 is 50.2. The van der Waals surface area contributed by atoms with E-state index in [-0.39, 0.29) is 28.0 Å². The van der Waals surface area contributed by atoms with Gasteiger partial charge in [0.1, 0.15) is 17.1 Å². The summed E-state index contributed by atoms with van der Waals surface area (Å²) in [7, 11) is 0. The van der Waals surface area contributed by atoms with Gasteiger partial charge in [-0.25, -0.2) is 18.2 Å². The normalized spacial score (nSPS) is 14.0. The zero-order valence-electron chi connectivity index (χ0n) is 18.4. The van der Waals surface area contributed by atoms with Crippen molar-refractivity contribution in [1.29, 1.82) is 0 Å². The molecule has 0 aliphatic carbocycles. The monoisotopic (exact) mass is 553 g/mol. The average Bonchev–Trinajstić information content (AvgIpc) is 2.76. The van der Waals surface area contributed by atoms with Gasteiger partial charge < -0.3 is 9.72 Å². The summed E-state index contributed by atoms with van der Waals surface area (Å²) in [5.41, 5.74) is -3.77. The van der Waals surface area contributed by atoms with E-state index in [1.165, 1.54) is 42.6 Å². The van der Waals surface area contributed by atoms with Gasteiger partial charge in [0.15, 0.2) is 11.5 Å². The van der Waals surface area contributed by atoms with E-state index in [0.29, 0.717) is 11.4 Å². The summed E-state index contributed by atoms with van der Waals surface area (Å²) in [6, 6.07) is 6.87. The Bertz CT molecular complexity index is 1310. The smallest absolute Gasteiger partial charge is 0.294 e. The van der Waals surface area contributed by atoms with Gasteiger partial charge in [-0.3, -0.25) is 9.78 Å². The van der Waals surface area contributed by atoms with Crippen molar-refractivity contribution in [3.05, 3.63) is 91.9 Å². The number of pyridine rings is 1. The first-order valence-electron chi connectivity index (χ1n) is 10.1. The molecule has 178 valence electrons. The van der Waals surface area contributed by atoms with Crippen molar-refractivity contribution in [3.8, 4) is 23.0 Å². The molecule has 0 spiro atoms. The molecular formula is C24H20BrClF3N3O2.